The third-order valence-electron chi connectivity index (χ3n) is 11.6. The van der Waals surface area contributed by atoms with Crippen LogP contribution in [-0.2, 0) is 5.41 Å². The lowest BCUT2D eigenvalue weighted by Crippen LogP contribution is -2.16. The molecule has 0 N–H and O–H groups in total. The van der Waals surface area contributed by atoms with Gasteiger partial charge in [-0.05, 0) is 76.9 Å². The van der Waals surface area contributed by atoms with Gasteiger partial charge in [-0.15, -0.1) is 0 Å². The highest BCUT2D eigenvalue weighted by atomic mass is 16.3. The molecule has 1 aliphatic carbocycles. The van der Waals surface area contributed by atoms with Crippen molar-refractivity contribution >= 4 is 60.8 Å². The summed E-state index contributed by atoms with van der Waals surface area (Å²) in [6.45, 7) is 4.71. The quantitative estimate of drug-likeness (QED) is 0.179. The maximum absolute atomic E-state index is 6.47. The van der Waals surface area contributed by atoms with Crippen molar-refractivity contribution in [3.63, 3.8) is 0 Å². The van der Waals surface area contributed by atoms with Gasteiger partial charge in [-0.3, -0.25) is 0 Å². The molecule has 1 aliphatic rings. The van der Waals surface area contributed by atoms with Gasteiger partial charge in [0.1, 0.15) is 11.2 Å². The minimum Gasteiger partial charge on any atom is -0.455 e. The summed E-state index contributed by atoms with van der Waals surface area (Å²) in [6.07, 6.45) is 0. The van der Waals surface area contributed by atoms with E-state index >= 15 is 0 Å². The molecule has 0 atom stereocenters. The molecule has 0 saturated carbocycles. The van der Waals surface area contributed by atoms with E-state index in [0.717, 1.165) is 50.1 Å². The Morgan fingerprint density at radius 1 is 0.481 bits per heavy atom. The number of fused-ring (bicyclic) bond motifs is 9. The molecular weight excluding hydrogens is 657 g/mol. The second kappa shape index (κ2) is 11.6. The van der Waals surface area contributed by atoms with Gasteiger partial charge in [-0.2, -0.15) is 0 Å². The van der Waals surface area contributed by atoms with E-state index in [-0.39, 0.29) is 5.41 Å². The summed E-state index contributed by atoms with van der Waals surface area (Å²) < 4.78 is 8.87. The smallest absolute Gasteiger partial charge is 0.143 e. The van der Waals surface area contributed by atoms with Crippen molar-refractivity contribution in [3.8, 4) is 27.9 Å². The lowest BCUT2D eigenvalue weighted by atomic mass is 9.82. The first kappa shape index (κ1) is 30.8. The van der Waals surface area contributed by atoms with Gasteiger partial charge in [0.25, 0.3) is 0 Å². The number of aromatic nitrogens is 1. The zero-order valence-electron chi connectivity index (χ0n) is 30.1. The van der Waals surface area contributed by atoms with Crippen molar-refractivity contribution in [2.75, 3.05) is 4.90 Å². The number of hydrogen-bond donors (Lipinski definition) is 0. The molecule has 0 amide bonds. The molecule has 0 bridgehead atoms. The summed E-state index contributed by atoms with van der Waals surface area (Å²) in [6, 6.07) is 65.9. The summed E-state index contributed by atoms with van der Waals surface area (Å²) in [5.41, 5.74) is 16.1. The predicted octanol–water partition coefficient (Wildman–Crippen LogP) is 14.1. The van der Waals surface area contributed by atoms with Crippen LogP contribution in [-0.4, -0.2) is 4.57 Å². The third-order valence-corrected chi connectivity index (χ3v) is 11.6. The van der Waals surface area contributed by atoms with Crippen LogP contribution in [0.25, 0.3) is 71.7 Å². The molecule has 54 heavy (non-hydrogen) atoms. The van der Waals surface area contributed by atoms with Crippen LogP contribution in [0.2, 0.25) is 0 Å². The summed E-state index contributed by atoms with van der Waals surface area (Å²) in [5, 5.41) is 4.71. The minimum absolute atomic E-state index is 0.127. The first-order chi connectivity index (χ1) is 26.6. The van der Waals surface area contributed by atoms with Crippen molar-refractivity contribution in [2.24, 2.45) is 0 Å². The van der Waals surface area contributed by atoms with Crippen LogP contribution in [0, 0.1) is 0 Å². The van der Waals surface area contributed by atoms with E-state index in [1.54, 1.807) is 0 Å². The average Bonchev–Trinajstić information content (AvgIpc) is 3.85. The van der Waals surface area contributed by atoms with E-state index in [4.69, 9.17) is 4.42 Å². The fraction of sp³-hybridized carbons (Fsp3) is 0.0588. The van der Waals surface area contributed by atoms with Crippen LogP contribution in [0.3, 0.4) is 0 Å². The Balaban J connectivity index is 1.18. The van der Waals surface area contributed by atoms with Crippen LogP contribution in [0.15, 0.2) is 186 Å². The fourth-order valence-corrected chi connectivity index (χ4v) is 9.14. The van der Waals surface area contributed by atoms with Crippen LogP contribution in [0.5, 0.6) is 0 Å². The highest BCUT2D eigenvalue weighted by molar-refractivity contribution is 6.17. The lowest BCUT2D eigenvalue weighted by molar-refractivity contribution is 0.660. The molecule has 10 aromatic rings. The Bertz CT molecular complexity index is 3070. The number of rotatable bonds is 5. The van der Waals surface area contributed by atoms with Gasteiger partial charge in [-0.1, -0.05) is 141 Å². The Morgan fingerprint density at radius 3 is 1.98 bits per heavy atom. The van der Waals surface area contributed by atoms with Crippen molar-refractivity contribution in [1.29, 1.82) is 0 Å². The second-order valence-electron chi connectivity index (χ2n) is 14.9. The zero-order chi connectivity index (χ0) is 36.0. The fourth-order valence-electron chi connectivity index (χ4n) is 9.14. The van der Waals surface area contributed by atoms with Crippen molar-refractivity contribution in [2.45, 2.75) is 19.3 Å². The average molecular weight is 693 g/mol. The van der Waals surface area contributed by atoms with E-state index in [2.05, 4.69) is 193 Å². The molecule has 0 radical (unpaired) electrons. The SMILES string of the molecule is CC1(C)c2ccccc2-c2c(N(c3ccc(-c4cccc5c4oc4ccccc45)cc3)c3cccc4c3c3ccccc3n4-c3ccccc3)cccc21. The summed E-state index contributed by atoms with van der Waals surface area (Å²) in [7, 11) is 0. The molecule has 256 valence electrons. The van der Waals surface area contributed by atoms with Gasteiger partial charge < -0.3 is 13.9 Å². The third kappa shape index (κ3) is 4.36. The van der Waals surface area contributed by atoms with Gasteiger partial charge in [0.2, 0.25) is 0 Å². The topological polar surface area (TPSA) is 21.3 Å². The minimum atomic E-state index is -0.127. The number of para-hydroxylation sites is 4. The summed E-state index contributed by atoms with van der Waals surface area (Å²) in [4.78, 5) is 2.49. The summed E-state index contributed by atoms with van der Waals surface area (Å²) >= 11 is 0. The van der Waals surface area contributed by atoms with Crippen LogP contribution < -0.4 is 4.90 Å². The van der Waals surface area contributed by atoms with Gasteiger partial charge in [0, 0.05) is 49.5 Å². The van der Waals surface area contributed by atoms with Gasteiger partial charge >= 0.3 is 0 Å². The Kier molecular flexibility index (Phi) is 6.60. The Labute approximate surface area is 314 Å². The Hall–Kier alpha value is -6.84. The molecule has 2 heterocycles. The molecule has 0 unspecified atom stereocenters. The predicted molar refractivity (Wildman–Crippen MR) is 226 cm³/mol. The molecule has 0 saturated heterocycles. The molecule has 11 rings (SSSR count). The van der Waals surface area contributed by atoms with E-state index in [9.17, 15) is 0 Å². The van der Waals surface area contributed by atoms with Gasteiger partial charge in [0.15, 0.2) is 0 Å². The standard InChI is InChI=1S/C51H36N2O/c1-51(2)41-22-9-6-18-39(41)48-42(51)23-13-25-44(48)53(35-31-29-33(30-32-35)36-20-12-21-38-37-17-8-11-28-47(37)54-50(36)38)46-27-14-26-45-49(46)40-19-7-10-24-43(40)52(45)34-15-4-3-5-16-34/h3-32H,1-2H3. The first-order valence-electron chi connectivity index (χ1n) is 18.7. The molecule has 3 heteroatoms. The molecule has 2 aromatic heterocycles. The lowest BCUT2D eigenvalue weighted by Gasteiger charge is -2.29. The van der Waals surface area contributed by atoms with E-state index < -0.39 is 0 Å². The second-order valence-corrected chi connectivity index (χ2v) is 14.9. The number of benzene rings is 8. The van der Waals surface area contributed by atoms with E-state index in [0.29, 0.717) is 0 Å². The maximum atomic E-state index is 6.47. The molecule has 0 spiro atoms. The number of nitrogens with zero attached hydrogens (tertiary/aromatic N) is 2. The molecule has 8 aromatic carbocycles. The van der Waals surface area contributed by atoms with Crippen LogP contribution in [0.1, 0.15) is 25.0 Å². The number of anilines is 3. The Morgan fingerprint density at radius 2 is 1.11 bits per heavy atom. The molecule has 0 aliphatic heterocycles. The summed E-state index contributed by atoms with van der Waals surface area (Å²) in [5.74, 6) is 0. The van der Waals surface area contributed by atoms with Crippen molar-refractivity contribution in [1.82, 2.24) is 4.57 Å². The number of hydrogen-bond acceptors (Lipinski definition) is 2. The van der Waals surface area contributed by atoms with E-state index in [1.165, 1.54) is 49.7 Å². The van der Waals surface area contributed by atoms with Crippen molar-refractivity contribution in [3.05, 3.63) is 193 Å². The van der Waals surface area contributed by atoms with Crippen molar-refractivity contribution < 1.29 is 4.42 Å². The zero-order valence-corrected chi connectivity index (χ0v) is 30.1. The monoisotopic (exact) mass is 692 g/mol. The highest BCUT2D eigenvalue weighted by Crippen LogP contribution is 2.55. The number of furan rings is 1. The van der Waals surface area contributed by atoms with E-state index in [1.807, 2.05) is 12.1 Å². The normalized spacial score (nSPS) is 13.1. The molecule has 0 fully saturated rings. The van der Waals surface area contributed by atoms with Gasteiger partial charge in [0.05, 0.1) is 22.4 Å². The molecule has 3 nitrogen and oxygen atoms in total. The highest BCUT2D eigenvalue weighted by Gasteiger charge is 2.38. The maximum Gasteiger partial charge on any atom is 0.143 e. The largest absolute Gasteiger partial charge is 0.455 e. The van der Waals surface area contributed by atoms with Gasteiger partial charge in [-0.25, -0.2) is 0 Å². The first-order valence-corrected chi connectivity index (χ1v) is 18.7. The van der Waals surface area contributed by atoms with Crippen LogP contribution in [0.4, 0.5) is 17.1 Å². The van der Waals surface area contributed by atoms with Crippen LogP contribution >= 0.6 is 0 Å². The molecular formula is C51H36N2O.